The third kappa shape index (κ3) is 6.10. The molecule has 0 radical (unpaired) electrons. The van der Waals surface area contributed by atoms with Crippen LogP contribution >= 0.6 is 0 Å². The van der Waals surface area contributed by atoms with Gasteiger partial charge < -0.3 is 15.5 Å². The molecule has 4 aromatic rings. The summed E-state index contributed by atoms with van der Waals surface area (Å²) in [4.78, 5) is 35.2. The number of nitrogens with zero attached hydrogens (tertiary/aromatic N) is 5. The van der Waals surface area contributed by atoms with Gasteiger partial charge >= 0.3 is 0 Å². The van der Waals surface area contributed by atoms with E-state index < -0.39 is 0 Å². The molecule has 2 aliphatic rings. The van der Waals surface area contributed by atoms with Gasteiger partial charge in [-0.25, -0.2) is 5.01 Å². The first-order valence-corrected chi connectivity index (χ1v) is 13.6. The second-order valence-electron chi connectivity index (χ2n) is 10.1. The average molecular weight is 546 g/mol. The number of piperazine rings is 1. The maximum absolute atomic E-state index is 12.7. The Hall–Kier alpha value is -5.02. The number of amides is 2. The van der Waals surface area contributed by atoms with Gasteiger partial charge in [-0.1, -0.05) is 18.2 Å². The van der Waals surface area contributed by atoms with Crippen LogP contribution in [0.4, 0.5) is 17.1 Å². The molecular weight excluding hydrogens is 514 g/mol. The molecular formula is C32H31N7O2. The molecule has 0 atom stereocenters. The van der Waals surface area contributed by atoms with Crippen molar-refractivity contribution in [1.82, 2.24) is 15.0 Å². The monoisotopic (exact) mass is 545 g/mol. The molecule has 2 aliphatic heterocycles. The molecule has 6 rings (SSSR count). The van der Waals surface area contributed by atoms with Gasteiger partial charge in [-0.3, -0.25) is 24.6 Å². The molecule has 0 saturated carbocycles. The van der Waals surface area contributed by atoms with Gasteiger partial charge in [0.15, 0.2) is 0 Å². The minimum Gasteiger partial charge on any atom is -0.369 e. The van der Waals surface area contributed by atoms with Crippen LogP contribution in [0.1, 0.15) is 17.3 Å². The number of aromatic nitrogens is 1. The van der Waals surface area contributed by atoms with E-state index in [0.29, 0.717) is 23.6 Å². The van der Waals surface area contributed by atoms with Gasteiger partial charge in [-0.2, -0.15) is 0 Å². The van der Waals surface area contributed by atoms with Crippen LogP contribution in [0.25, 0.3) is 17.3 Å². The first-order valence-electron chi connectivity index (χ1n) is 13.6. The first-order chi connectivity index (χ1) is 20.0. The molecule has 41 heavy (non-hydrogen) atoms. The van der Waals surface area contributed by atoms with Gasteiger partial charge in [0.05, 0.1) is 5.36 Å². The number of anilines is 3. The van der Waals surface area contributed by atoms with Gasteiger partial charge in [0.25, 0.3) is 5.91 Å². The molecule has 206 valence electrons. The van der Waals surface area contributed by atoms with Crippen LogP contribution in [0.15, 0.2) is 96.2 Å². The zero-order valence-corrected chi connectivity index (χ0v) is 22.8. The second-order valence-corrected chi connectivity index (χ2v) is 10.1. The van der Waals surface area contributed by atoms with Gasteiger partial charge in [0, 0.05) is 79.5 Å². The van der Waals surface area contributed by atoms with E-state index in [9.17, 15) is 9.59 Å². The van der Waals surface area contributed by atoms with E-state index in [1.807, 2.05) is 36.7 Å². The predicted molar refractivity (Wildman–Crippen MR) is 161 cm³/mol. The van der Waals surface area contributed by atoms with E-state index in [1.54, 1.807) is 24.3 Å². The molecule has 1 aromatic heterocycles. The zero-order chi connectivity index (χ0) is 28.2. The Morgan fingerprint density at radius 3 is 2.12 bits per heavy atom. The van der Waals surface area contributed by atoms with Gasteiger partial charge in [-0.05, 0) is 71.8 Å². The first kappa shape index (κ1) is 26.2. The number of benzene rings is 3. The van der Waals surface area contributed by atoms with Crippen molar-refractivity contribution in [3.05, 3.63) is 107 Å². The van der Waals surface area contributed by atoms with Crippen LogP contribution in [-0.2, 0) is 4.79 Å². The van der Waals surface area contributed by atoms with Gasteiger partial charge in [0.1, 0.15) is 6.67 Å². The lowest BCUT2D eigenvalue weighted by Gasteiger charge is -2.41. The maximum Gasteiger partial charge on any atom is 0.255 e. The van der Waals surface area contributed by atoms with Crippen molar-refractivity contribution < 1.29 is 9.59 Å². The smallest absolute Gasteiger partial charge is 0.255 e. The molecule has 9 nitrogen and oxygen atoms in total. The van der Waals surface area contributed by atoms with Crippen LogP contribution in [-0.4, -0.2) is 59.7 Å². The van der Waals surface area contributed by atoms with Crippen LogP contribution in [0, 0.1) is 0 Å². The predicted octanol–water partition coefficient (Wildman–Crippen LogP) is 3.33. The Bertz CT molecular complexity index is 1660. The fourth-order valence-corrected chi connectivity index (χ4v) is 5.13. The average Bonchev–Trinajstić information content (AvgIpc) is 3.01. The Kier molecular flexibility index (Phi) is 7.42. The summed E-state index contributed by atoms with van der Waals surface area (Å²) in [6.07, 6.45) is 5.88. The van der Waals surface area contributed by atoms with Crippen molar-refractivity contribution in [3.63, 3.8) is 0 Å². The number of hydrogen-bond donors (Lipinski definition) is 2. The van der Waals surface area contributed by atoms with E-state index >= 15 is 0 Å². The Morgan fingerprint density at radius 1 is 0.756 bits per heavy atom. The SMILES string of the molecule is CC(=O)Nc1ccc(C(=O)Nc2ccc(-c3ccc4c(c3)=CN(N3CCN(c5ccncc5)CC3)CN=4)cc2)cc1. The van der Waals surface area contributed by atoms with E-state index in [4.69, 9.17) is 4.99 Å². The van der Waals surface area contributed by atoms with E-state index in [2.05, 4.69) is 67.1 Å². The fraction of sp³-hybridized carbons (Fsp3) is 0.188. The summed E-state index contributed by atoms with van der Waals surface area (Å²) in [5.41, 5.74) is 5.24. The number of nitrogens with one attached hydrogen (secondary N) is 2. The normalized spacial score (nSPS) is 14.9. The highest BCUT2D eigenvalue weighted by Gasteiger charge is 2.21. The van der Waals surface area contributed by atoms with E-state index in [-0.39, 0.29) is 11.8 Å². The highest BCUT2D eigenvalue weighted by molar-refractivity contribution is 6.04. The summed E-state index contributed by atoms with van der Waals surface area (Å²) in [5.74, 6) is -0.361. The second kappa shape index (κ2) is 11.6. The largest absolute Gasteiger partial charge is 0.369 e. The number of carbonyl (C=O) groups excluding carboxylic acids is 2. The molecule has 1 saturated heterocycles. The fourth-order valence-electron chi connectivity index (χ4n) is 5.13. The molecule has 9 heteroatoms. The minimum atomic E-state index is -0.209. The quantitative estimate of drug-likeness (QED) is 0.386. The van der Waals surface area contributed by atoms with Crippen LogP contribution in [0.3, 0.4) is 0 Å². The topological polar surface area (TPSA) is 93.2 Å². The lowest BCUT2D eigenvalue weighted by molar-refractivity contribution is -0.114. The number of hydrogen-bond acceptors (Lipinski definition) is 7. The Labute approximate surface area is 238 Å². The van der Waals surface area contributed by atoms with Crippen molar-refractivity contribution in [2.45, 2.75) is 6.92 Å². The van der Waals surface area contributed by atoms with Crippen molar-refractivity contribution in [2.24, 2.45) is 4.99 Å². The molecule has 0 bridgehead atoms. The maximum atomic E-state index is 12.7. The molecule has 2 amide bonds. The summed E-state index contributed by atoms with van der Waals surface area (Å²) in [7, 11) is 0. The summed E-state index contributed by atoms with van der Waals surface area (Å²) in [6.45, 7) is 5.82. The molecule has 2 N–H and O–H groups in total. The van der Waals surface area contributed by atoms with E-state index in [0.717, 1.165) is 47.9 Å². The molecule has 3 aromatic carbocycles. The summed E-state index contributed by atoms with van der Waals surface area (Å²) in [6, 6.07) is 25.1. The minimum absolute atomic E-state index is 0.151. The van der Waals surface area contributed by atoms with Crippen LogP contribution < -0.4 is 26.1 Å². The zero-order valence-electron chi connectivity index (χ0n) is 22.8. The van der Waals surface area contributed by atoms with Crippen molar-refractivity contribution >= 4 is 35.1 Å². The highest BCUT2D eigenvalue weighted by Crippen LogP contribution is 2.21. The highest BCUT2D eigenvalue weighted by atomic mass is 16.2. The molecule has 0 aliphatic carbocycles. The van der Waals surface area contributed by atoms with Crippen molar-refractivity contribution in [3.8, 4) is 11.1 Å². The lowest BCUT2D eigenvalue weighted by Crippen LogP contribution is -2.54. The Morgan fingerprint density at radius 2 is 1.41 bits per heavy atom. The molecule has 0 unspecified atom stereocenters. The van der Waals surface area contributed by atoms with Gasteiger partial charge in [-0.15, -0.1) is 0 Å². The van der Waals surface area contributed by atoms with Crippen molar-refractivity contribution in [2.75, 3.05) is 48.4 Å². The van der Waals surface area contributed by atoms with Crippen molar-refractivity contribution in [1.29, 1.82) is 0 Å². The Balaban J connectivity index is 1.11. The third-order valence-electron chi connectivity index (χ3n) is 7.29. The number of hydrazine groups is 1. The third-order valence-corrected chi connectivity index (χ3v) is 7.29. The molecule has 3 heterocycles. The molecule has 0 spiro atoms. The number of carbonyl (C=O) groups is 2. The lowest BCUT2D eigenvalue weighted by atomic mass is 10.0. The molecule has 1 fully saturated rings. The van der Waals surface area contributed by atoms with Crippen LogP contribution in [0.5, 0.6) is 0 Å². The number of rotatable bonds is 6. The number of pyridine rings is 1. The number of fused-ring (bicyclic) bond motifs is 1. The summed E-state index contributed by atoms with van der Waals surface area (Å²) < 4.78 is 0. The van der Waals surface area contributed by atoms with Gasteiger partial charge in [0.2, 0.25) is 5.91 Å². The summed E-state index contributed by atoms with van der Waals surface area (Å²) in [5, 5.41) is 12.3. The standard InChI is InChI=1S/C32H31N7O2/c1-23(40)35-28-9-4-25(5-10-28)32(41)36-29-7-2-24(3-8-29)26-6-11-31-27(20-26)21-39(22-34-31)38-18-16-37(17-19-38)30-12-14-33-15-13-30/h2-15,20-21H,16-19,22H2,1H3,(H,35,40)(H,36,41). The van der Waals surface area contributed by atoms with E-state index in [1.165, 1.54) is 12.6 Å². The summed E-state index contributed by atoms with van der Waals surface area (Å²) >= 11 is 0. The van der Waals surface area contributed by atoms with Crippen LogP contribution in [0.2, 0.25) is 0 Å².